The molecule has 5 rings (SSSR count). The highest BCUT2D eigenvalue weighted by Gasteiger charge is 2.54. The molecule has 0 spiro atoms. The minimum atomic E-state index is 0. The number of fused-ring (bicyclic) bond motifs is 4. The standard InChI is InChI=1S/C24H33N5.HI/c1-4-25-24(26-13-21-20-11-16-7-5-6-8-19(16)23(20)21)27-18-10-9-17-14-29(15(2)3)28-22(17)12-18;/h5-8,14-15,18,20-21,23H,4,9-13H2,1-3H3,(H2,25,26,27);1H. The largest absolute Gasteiger partial charge is 0.357 e. The van der Waals surface area contributed by atoms with Gasteiger partial charge in [-0.3, -0.25) is 9.67 Å². The number of halogens is 1. The normalized spacial score (nSPS) is 26.5. The van der Waals surface area contributed by atoms with E-state index in [2.05, 4.69) is 66.5 Å². The number of nitrogens with zero attached hydrogens (tertiary/aromatic N) is 3. The van der Waals surface area contributed by atoms with E-state index >= 15 is 0 Å². The lowest BCUT2D eigenvalue weighted by atomic mass is 9.94. The first-order chi connectivity index (χ1) is 14.1. The monoisotopic (exact) mass is 519 g/mol. The van der Waals surface area contributed by atoms with E-state index in [1.165, 1.54) is 17.7 Å². The fourth-order valence-electron chi connectivity index (χ4n) is 5.34. The molecule has 1 aromatic carbocycles. The predicted octanol–water partition coefficient (Wildman–Crippen LogP) is 4.08. The Labute approximate surface area is 197 Å². The van der Waals surface area contributed by atoms with Gasteiger partial charge < -0.3 is 10.6 Å². The van der Waals surface area contributed by atoms with E-state index in [9.17, 15) is 0 Å². The van der Waals surface area contributed by atoms with Crippen LogP contribution in [0.3, 0.4) is 0 Å². The van der Waals surface area contributed by atoms with E-state index in [1.54, 1.807) is 11.1 Å². The van der Waals surface area contributed by atoms with Crippen LogP contribution in [0.4, 0.5) is 0 Å². The fourth-order valence-corrected chi connectivity index (χ4v) is 5.34. The van der Waals surface area contributed by atoms with Crippen molar-refractivity contribution < 1.29 is 0 Å². The van der Waals surface area contributed by atoms with Crippen molar-refractivity contribution in [2.24, 2.45) is 16.8 Å². The second kappa shape index (κ2) is 8.89. The molecule has 1 fully saturated rings. The van der Waals surface area contributed by atoms with E-state index in [-0.39, 0.29) is 24.0 Å². The van der Waals surface area contributed by atoms with E-state index < -0.39 is 0 Å². The maximum Gasteiger partial charge on any atom is 0.191 e. The van der Waals surface area contributed by atoms with Gasteiger partial charge in [-0.15, -0.1) is 24.0 Å². The summed E-state index contributed by atoms with van der Waals surface area (Å²) in [5.74, 6) is 3.26. The van der Waals surface area contributed by atoms with Gasteiger partial charge in [0.25, 0.3) is 0 Å². The number of rotatable bonds is 5. The zero-order valence-corrected chi connectivity index (χ0v) is 20.6. The van der Waals surface area contributed by atoms with Crippen molar-refractivity contribution in [2.75, 3.05) is 13.1 Å². The molecule has 2 aromatic rings. The molecule has 6 heteroatoms. The molecule has 5 nitrogen and oxygen atoms in total. The van der Waals surface area contributed by atoms with Crippen LogP contribution in [0, 0.1) is 11.8 Å². The van der Waals surface area contributed by atoms with E-state index in [0.717, 1.165) is 56.1 Å². The number of nitrogens with one attached hydrogen (secondary N) is 2. The molecule has 1 heterocycles. The molecule has 30 heavy (non-hydrogen) atoms. The van der Waals surface area contributed by atoms with Crippen molar-refractivity contribution >= 4 is 29.9 Å². The Morgan fingerprint density at radius 3 is 2.87 bits per heavy atom. The van der Waals surface area contributed by atoms with Gasteiger partial charge in [0.15, 0.2) is 5.96 Å². The predicted molar refractivity (Wildman–Crippen MR) is 133 cm³/mol. The van der Waals surface area contributed by atoms with Crippen molar-refractivity contribution in [1.29, 1.82) is 0 Å². The van der Waals surface area contributed by atoms with Crippen molar-refractivity contribution in [3.63, 3.8) is 0 Å². The topological polar surface area (TPSA) is 54.2 Å². The van der Waals surface area contributed by atoms with Gasteiger partial charge in [-0.1, -0.05) is 24.3 Å². The van der Waals surface area contributed by atoms with Gasteiger partial charge in [-0.2, -0.15) is 5.10 Å². The van der Waals surface area contributed by atoms with Crippen LogP contribution in [0.15, 0.2) is 35.5 Å². The summed E-state index contributed by atoms with van der Waals surface area (Å²) in [7, 11) is 0. The molecule has 0 radical (unpaired) electrons. The SMILES string of the molecule is CCNC(=NCC1C2Cc3ccccc3C12)NC1CCc2cn(C(C)C)nc2C1.I. The molecule has 3 aliphatic rings. The first-order valence-corrected chi connectivity index (χ1v) is 11.3. The highest BCUT2D eigenvalue weighted by molar-refractivity contribution is 14.0. The van der Waals surface area contributed by atoms with E-state index in [1.807, 2.05) is 0 Å². The molecule has 0 saturated heterocycles. The van der Waals surface area contributed by atoms with Crippen LogP contribution < -0.4 is 10.6 Å². The third-order valence-electron chi connectivity index (χ3n) is 6.97. The molecule has 4 atom stereocenters. The summed E-state index contributed by atoms with van der Waals surface area (Å²) in [6, 6.07) is 9.81. The maximum absolute atomic E-state index is 4.98. The fraction of sp³-hybridized carbons (Fsp3) is 0.583. The van der Waals surface area contributed by atoms with Crippen molar-refractivity contribution in [3.8, 4) is 0 Å². The second-order valence-corrected chi connectivity index (χ2v) is 9.23. The number of aryl methyl sites for hydroxylation is 1. The molecule has 3 aliphatic carbocycles. The summed E-state index contributed by atoms with van der Waals surface area (Å²) in [4.78, 5) is 4.98. The van der Waals surface area contributed by atoms with Crippen LogP contribution in [0.25, 0.3) is 0 Å². The molecular formula is C24H34IN5. The van der Waals surface area contributed by atoms with Crippen LogP contribution >= 0.6 is 24.0 Å². The Morgan fingerprint density at radius 1 is 1.23 bits per heavy atom. The third kappa shape index (κ3) is 4.12. The van der Waals surface area contributed by atoms with Gasteiger partial charge >= 0.3 is 0 Å². The maximum atomic E-state index is 4.98. The van der Waals surface area contributed by atoms with Crippen LogP contribution in [0.1, 0.15) is 61.5 Å². The van der Waals surface area contributed by atoms with Gasteiger partial charge in [0.1, 0.15) is 0 Å². The van der Waals surface area contributed by atoms with Gasteiger partial charge in [0, 0.05) is 37.8 Å². The number of guanidine groups is 1. The average Bonchev–Trinajstić information content (AvgIpc) is 3.05. The number of aliphatic imine (C=N–C) groups is 1. The summed E-state index contributed by atoms with van der Waals surface area (Å²) >= 11 is 0. The molecule has 1 saturated carbocycles. The quantitative estimate of drug-likeness (QED) is 0.356. The number of benzene rings is 1. The van der Waals surface area contributed by atoms with Gasteiger partial charge in [0.05, 0.1) is 5.69 Å². The lowest BCUT2D eigenvalue weighted by Crippen LogP contribution is -2.45. The molecule has 0 aliphatic heterocycles. The summed E-state index contributed by atoms with van der Waals surface area (Å²) in [5.41, 5.74) is 5.82. The molecule has 2 N–H and O–H groups in total. The Morgan fingerprint density at radius 2 is 2.07 bits per heavy atom. The summed E-state index contributed by atoms with van der Waals surface area (Å²) in [6.07, 6.45) is 6.71. The molecule has 0 amide bonds. The smallest absolute Gasteiger partial charge is 0.191 e. The van der Waals surface area contributed by atoms with E-state index in [0.29, 0.717) is 12.1 Å². The molecular weight excluding hydrogens is 485 g/mol. The Hall–Kier alpha value is -1.57. The minimum Gasteiger partial charge on any atom is -0.357 e. The Kier molecular flexibility index (Phi) is 6.42. The minimum absolute atomic E-state index is 0. The highest BCUT2D eigenvalue weighted by Crippen LogP contribution is 2.61. The first-order valence-electron chi connectivity index (χ1n) is 11.3. The first kappa shape index (κ1) is 21.7. The zero-order chi connectivity index (χ0) is 20.0. The average molecular weight is 519 g/mol. The summed E-state index contributed by atoms with van der Waals surface area (Å²) in [5, 5.41) is 12.0. The third-order valence-corrected chi connectivity index (χ3v) is 6.97. The van der Waals surface area contributed by atoms with Crippen LogP contribution in [0.2, 0.25) is 0 Å². The van der Waals surface area contributed by atoms with Crippen molar-refractivity contribution in [2.45, 2.75) is 64.5 Å². The molecule has 1 aromatic heterocycles. The summed E-state index contributed by atoms with van der Waals surface area (Å²) < 4.78 is 2.11. The Balaban J connectivity index is 0.00000218. The van der Waals surface area contributed by atoms with E-state index in [4.69, 9.17) is 10.1 Å². The van der Waals surface area contributed by atoms with Crippen LogP contribution in [-0.2, 0) is 19.3 Å². The zero-order valence-electron chi connectivity index (χ0n) is 18.3. The Bertz CT molecular complexity index is 918. The second-order valence-electron chi connectivity index (χ2n) is 9.23. The highest BCUT2D eigenvalue weighted by atomic mass is 127. The molecule has 162 valence electrons. The van der Waals surface area contributed by atoms with Crippen molar-refractivity contribution in [1.82, 2.24) is 20.4 Å². The van der Waals surface area contributed by atoms with Gasteiger partial charge in [0.2, 0.25) is 0 Å². The number of hydrogen-bond acceptors (Lipinski definition) is 2. The molecule has 0 bridgehead atoms. The lowest BCUT2D eigenvalue weighted by molar-refractivity contribution is 0.499. The lowest BCUT2D eigenvalue weighted by Gasteiger charge is -2.24. The number of aromatic nitrogens is 2. The van der Waals surface area contributed by atoms with Crippen LogP contribution in [0.5, 0.6) is 0 Å². The summed E-state index contributed by atoms with van der Waals surface area (Å²) in [6.45, 7) is 8.35. The molecule has 4 unspecified atom stereocenters. The van der Waals surface area contributed by atoms with Gasteiger partial charge in [-0.05, 0) is 74.5 Å². The van der Waals surface area contributed by atoms with Crippen molar-refractivity contribution in [3.05, 3.63) is 52.8 Å². The van der Waals surface area contributed by atoms with Crippen LogP contribution in [-0.4, -0.2) is 34.9 Å². The number of hydrogen-bond donors (Lipinski definition) is 2. The van der Waals surface area contributed by atoms with Gasteiger partial charge in [-0.25, -0.2) is 0 Å².